The van der Waals surface area contributed by atoms with E-state index >= 15 is 0 Å². The Morgan fingerprint density at radius 2 is 2.00 bits per heavy atom. The summed E-state index contributed by atoms with van der Waals surface area (Å²) in [6, 6.07) is 13.2. The van der Waals surface area contributed by atoms with Gasteiger partial charge >= 0.3 is 0 Å². The zero-order chi connectivity index (χ0) is 19.1. The summed E-state index contributed by atoms with van der Waals surface area (Å²) in [6.45, 7) is 2.89. The molecule has 0 bridgehead atoms. The van der Waals surface area contributed by atoms with Crippen LogP contribution in [0.15, 0.2) is 52.9 Å². The molecule has 0 aliphatic heterocycles. The summed E-state index contributed by atoms with van der Waals surface area (Å²) in [7, 11) is 0. The molecule has 27 heavy (non-hydrogen) atoms. The fourth-order valence-electron chi connectivity index (χ4n) is 2.29. The minimum Gasteiger partial charge on any atom is -0.494 e. The van der Waals surface area contributed by atoms with Crippen molar-refractivity contribution in [3.8, 4) is 17.0 Å². The smallest absolute Gasteiger partial charge is 0.203 e. The first-order valence-corrected chi connectivity index (χ1v) is 10.2. The second-order valence-electron chi connectivity index (χ2n) is 5.80. The van der Waals surface area contributed by atoms with Gasteiger partial charge in [-0.25, -0.2) is 4.98 Å². The Morgan fingerprint density at radius 1 is 1.19 bits per heavy atom. The van der Waals surface area contributed by atoms with Gasteiger partial charge in [0.25, 0.3) is 0 Å². The van der Waals surface area contributed by atoms with Crippen LogP contribution in [0.3, 0.4) is 0 Å². The molecule has 0 radical (unpaired) electrons. The Bertz CT molecular complexity index is 910. The highest BCUT2D eigenvalue weighted by atomic mass is 35.5. The summed E-state index contributed by atoms with van der Waals surface area (Å²) in [6.07, 6.45) is 3.93. The molecule has 7 heteroatoms. The fraction of sp³-hybridized carbons (Fsp3) is 0.200. The van der Waals surface area contributed by atoms with Gasteiger partial charge < -0.3 is 4.74 Å². The van der Waals surface area contributed by atoms with E-state index in [0.29, 0.717) is 15.2 Å². The van der Waals surface area contributed by atoms with Gasteiger partial charge in [0.1, 0.15) is 5.75 Å². The predicted octanol–water partition coefficient (Wildman–Crippen LogP) is 6.74. The lowest BCUT2D eigenvalue weighted by atomic mass is 10.2. The van der Waals surface area contributed by atoms with E-state index in [1.807, 2.05) is 35.7 Å². The second-order valence-corrected chi connectivity index (χ2v) is 7.50. The van der Waals surface area contributed by atoms with Gasteiger partial charge in [0.05, 0.1) is 23.5 Å². The Hall–Kier alpha value is -2.08. The molecule has 3 rings (SSSR count). The molecule has 0 saturated carbocycles. The average Bonchev–Trinajstić information content (AvgIpc) is 3.12. The maximum Gasteiger partial charge on any atom is 0.203 e. The van der Waals surface area contributed by atoms with Gasteiger partial charge in [-0.2, -0.15) is 5.10 Å². The van der Waals surface area contributed by atoms with E-state index in [9.17, 15) is 0 Å². The van der Waals surface area contributed by atoms with Gasteiger partial charge in [0.2, 0.25) is 5.13 Å². The van der Waals surface area contributed by atoms with Gasteiger partial charge in [-0.3, -0.25) is 5.43 Å². The van der Waals surface area contributed by atoms with E-state index < -0.39 is 0 Å². The number of nitrogens with one attached hydrogen (secondary N) is 1. The molecule has 0 amide bonds. The summed E-state index contributed by atoms with van der Waals surface area (Å²) in [4.78, 5) is 4.50. The number of nitrogens with zero attached hydrogens (tertiary/aromatic N) is 2. The van der Waals surface area contributed by atoms with Crippen LogP contribution in [0.5, 0.6) is 5.75 Å². The number of hydrogen-bond acceptors (Lipinski definition) is 5. The highest BCUT2D eigenvalue weighted by molar-refractivity contribution is 7.14. The topological polar surface area (TPSA) is 46.5 Å². The molecular weight excluding hydrogens is 401 g/mol. The third-order valence-electron chi connectivity index (χ3n) is 3.73. The highest BCUT2D eigenvalue weighted by Gasteiger charge is 2.08. The summed E-state index contributed by atoms with van der Waals surface area (Å²) in [5.41, 5.74) is 5.55. The monoisotopic (exact) mass is 419 g/mol. The number of thiazole rings is 1. The van der Waals surface area contributed by atoms with Crippen molar-refractivity contribution < 1.29 is 4.74 Å². The SMILES string of the molecule is CCCCOc1ccc(/C=N\Nc2nc(-c3ccc(Cl)cc3Cl)cs2)cc1. The van der Waals surface area contributed by atoms with Crippen molar-refractivity contribution in [3.63, 3.8) is 0 Å². The first-order valence-electron chi connectivity index (χ1n) is 8.58. The minimum atomic E-state index is 0.573. The summed E-state index contributed by atoms with van der Waals surface area (Å²) in [5.74, 6) is 0.873. The molecule has 4 nitrogen and oxygen atoms in total. The van der Waals surface area contributed by atoms with Crippen LogP contribution in [-0.4, -0.2) is 17.8 Å². The molecule has 0 unspecified atom stereocenters. The van der Waals surface area contributed by atoms with Gasteiger partial charge in [0.15, 0.2) is 0 Å². The molecule has 0 fully saturated rings. The Morgan fingerprint density at radius 3 is 2.74 bits per heavy atom. The van der Waals surface area contributed by atoms with E-state index in [4.69, 9.17) is 27.9 Å². The molecule has 0 spiro atoms. The van der Waals surface area contributed by atoms with E-state index in [-0.39, 0.29) is 0 Å². The van der Waals surface area contributed by atoms with Gasteiger partial charge in [-0.1, -0.05) is 36.5 Å². The largest absolute Gasteiger partial charge is 0.494 e. The molecule has 1 heterocycles. The first-order chi connectivity index (χ1) is 13.2. The number of unbranched alkanes of at least 4 members (excludes halogenated alkanes) is 1. The van der Waals surface area contributed by atoms with Crippen molar-refractivity contribution in [3.05, 3.63) is 63.5 Å². The number of aromatic nitrogens is 1. The van der Waals surface area contributed by atoms with Crippen molar-refractivity contribution in [2.24, 2.45) is 5.10 Å². The van der Waals surface area contributed by atoms with Crippen molar-refractivity contribution >= 4 is 45.9 Å². The minimum absolute atomic E-state index is 0.573. The standard InChI is InChI=1S/C20H19Cl2N3OS/c1-2-3-10-26-16-7-4-14(5-8-16)12-23-25-20-24-19(13-27-20)17-9-6-15(21)11-18(17)22/h4-9,11-13H,2-3,10H2,1H3,(H,24,25)/b23-12-. The van der Waals surface area contributed by atoms with Crippen LogP contribution in [0.25, 0.3) is 11.3 Å². The maximum atomic E-state index is 6.23. The van der Waals surface area contributed by atoms with Crippen molar-refractivity contribution in [2.45, 2.75) is 19.8 Å². The molecule has 2 aromatic carbocycles. The van der Waals surface area contributed by atoms with Crippen LogP contribution in [0.1, 0.15) is 25.3 Å². The molecule has 1 N–H and O–H groups in total. The zero-order valence-electron chi connectivity index (χ0n) is 14.8. The number of hydrogen-bond donors (Lipinski definition) is 1. The van der Waals surface area contributed by atoms with E-state index in [0.717, 1.165) is 42.0 Å². The number of benzene rings is 2. The van der Waals surface area contributed by atoms with E-state index in [2.05, 4.69) is 22.4 Å². The van der Waals surface area contributed by atoms with Crippen LogP contribution in [-0.2, 0) is 0 Å². The molecule has 0 atom stereocenters. The average molecular weight is 420 g/mol. The highest BCUT2D eigenvalue weighted by Crippen LogP contribution is 2.32. The summed E-state index contributed by atoms with van der Waals surface area (Å²) < 4.78 is 5.65. The molecule has 140 valence electrons. The molecular formula is C20H19Cl2N3OS. The number of halogens is 2. The third-order valence-corrected chi connectivity index (χ3v) is 5.03. The summed E-state index contributed by atoms with van der Waals surface area (Å²) >= 11 is 13.6. The number of hydrazone groups is 1. The lowest BCUT2D eigenvalue weighted by Crippen LogP contribution is -1.96. The molecule has 1 aromatic heterocycles. The molecule has 0 aliphatic carbocycles. The lowest BCUT2D eigenvalue weighted by molar-refractivity contribution is 0.309. The Kier molecular flexibility index (Phi) is 7.10. The number of ether oxygens (including phenoxy) is 1. The molecule has 0 aliphatic rings. The van der Waals surface area contributed by atoms with Crippen LogP contribution >= 0.6 is 34.5 Å². The zero-order valence-corrected chi connectivity index (χ0v) is 17.1. The normalized spacial score (nSPS) is 11.1. The second kappa shape index (κ2) is 9.74. The maximum absolute atomic E-state index is 6.23. The Balaban J connectivity index is 1.58. The summed E-state index contributed by atoms with van der Waals surface area (Å²) in [5, 5.41) is 8.03. The van der Waals surface area contributed by atoms with Gasteiger partial charge in [-0.05, 0) is 54.4 Å². The quantitative estimate of drug-likeness (QED) is 0.249. The van der Waals surface area contributed by atoms with Crippen molar-refractivity contribution in [1.82, 2.24) is 4.98 Å². The predicted molar refractivity (Wildman–Crippen MR) is 116 cm³/mol. The van der Waals surface area contributed by atoms with Crippen molar-refractivity contribution in [2.75, 3.05) is 12.0 Å². The first kappa shape index (κ1) is 19.7. The van der Waals surface area contributed by atoms with Crippen LogP contribution in [0.2, 0.25) is 10.0 Å². The number of rotatable bonds is 8. The lowest BCUT2D eigenvalue weighted by Gasteiger charge is -2.04. The van der Waals surface area contributed by atoms with Crippen molar-refractivity contribution in [1.29, 1.82) is 0 Å². The van der Waals surface area contributed by atoms with E-state index in [1.165, 1.54) is 11.3 Å². The van der Waals surface area contributed by atoms with Gasteiger partial charge in [0, 0.05) is 16.0 Å². The van der Waals surface area contributed by atoms with Crippen LogP contribution in [0.4, 0.5) is 5.13 Å². The van der Waals surface area contributed by atoms with Gasteiger partial charge in [-0.15, -0.1) is 11.3 Å². The van der Waals surface area contributed by atoms with Crippen LogP contribution < -0.4 is 10.2 Å². The molecule has 3 aromatic rings. The molecule has 0 saturated heterocycles. The third kappa shape index (κ3) is 5.70. The fourth-order valence-corrected chi connectivity index (χ4v) is 3.46. The Labute approximate surface area is 172 Å². The number of anilines is 1. The van der Waals surface area contributed by atoms with E-state index in [1.54, 1.807) is 18.3 Å². The van der Waals surface area contributed by atoms with Crippen LogP contribution in [0, 0.1) is 0 Å².